The van der Waals surface area contributed by atoms with Gasteiger partial charge in [-0.2, -0.15) is 0 Å². The third kappa shape index (κ3) is 8.80. The lowest BCUT2D eigenvalue weighted by Gasteiger charge is -2.36. The van der Waals surface area contributed by atoms with Gasteiger partial charge in [0, 0.05) is 44.5 Å². The highest BCUT2D eigenvalue weighted by Crippen LogP contribution is 2.30. The molecule has 2 aliphatic heterocycles. The number of carbonyl (C=O) groups is 2. The molecule has 3 heterocycles. The molecule has 2 saturated heterocycles. The molecular weight excluding hydrogens is 624 g/mol. The lowest BCUT2D eigenvalue weighted by atomic mass is 10.1. The van der Waals surface area contributed by atoms with E-state index in [1.54, 1.807) is 20.5 Å². The summed E-state index contributed by atoms with van der Waals surface area (Å²) in [6.07, 6.45) is 5.54. The molecule has 11 heteroatoms. The average molecular weight is 667 g/mol. The molecule has 1 unspecified atom stereocenters. The van der Waals surface area contributed by atoms with Gasteiger partial charge in [-0.25, -0.2) is 14.7 Å². The van der Waals surface area contributed by atoms with Crippen molar-refractivity contribution in [1.82, 2.24) is 14.8 Å². The first-order chi connectivity index (χ1) is 24.0. The molecule has 2 fully saturated rings. The van der Waals surface area contributed by atoms with Crippen LogP contribution in [0.1, 0.15) is 35.6 Å². The summed E-state index contributed by atoms with van der Waals surface area (Å²) < 4.78 is 27.9. The first-order valence-electron chi connectivity index (χ1n) is 16.6. The fourth-order valence-electron chi connectivity index (χ4n) is 5.99. The van der Waals surface area contributed by atoms with E-state index in [9.17, 15) is 9.59 Å². The molecule has 0 spiro atoms. The number of anilines is 1. The molecule has 0 saturated carbocycles. The number of hydrogen-bond acceptors (Lipinski definition) is 10. The number of aryl methyl sites for hydroxylation is 1. The van der Waals surface area contributed by atoms with Crippen molar-refractivity contribution in [3.8, 4) is 17.2 Å². The molecule has 3 aromatic carbocycles. The topological polar surface area (TPSA) is 107 Å². The van der Waals surface area contributed by atoms with Crippen molar-refractivity contribution in [3.05, 3.63) is 102 Å². The first kappa shape index (κ1) is 33.6. The zero-order valence-corrected chi connectivity index (χ0v) is 28.0. The maximum Gasteiger partial charge on any atom is 0.417 e. The predicted octanol–water partition coefficient (Wildman–Crippen LogP) is 5.93. The van der Waals surface area contributed by atoms with Crippen LogP contribution in [0.3, 0.4) is 0 Å². The molecule has 0 radical (unpaired) electrons. The molecule has 0 aliphatic carbocycles. The van der Waals surface area contributed by atoms with E-state index in [0.29, 0.717) is 48.9 Å². The summed E-state index contributed by atoms with van der Waals surface area (Å²) >= 11 is 0. The Morgan fingerprint density at radius 1 is 0.878 bits per heavy atom. The van der Waals surface area contributed by atoms with Crippen LogP contribution >= 0.6 is 0 Å². The van der Waals surface area contributed by atoms with Gasteiger partial charge in [-0.15, -0.1) is 0 Å². The number of ether oxygens (including phenoxy) is 4. The number of cyclic esters (lactones) is 1. The van der Waals surface area contributed by atoms with Gasteiger partial charge in [-0.05, 0) is 79.4 Å². The van der Waals surface area contributed by atoms with Gasteiger partial charge in [0.25, 0.3) is 5.91 Å². The van der Waals surface area contributed by atoms with Crippen molar-refractivity contribution in [3.63, 3.8) is 0 Å². The van der Waals surface area contributed by atoms with E-state index in [0.717, 1.165) is 49.6 Å². The van der Waals surface area contributed by atoms with Crippen molar-refractivity contribution in [2.75, 3.05) is 58.4 Å². The maximum absolute atomic E-state index is 13.1. The number of benzene rings is 3. The summed E-state index contributed by atoms with van der Waals surface area (Å²) in [6, 6.07) is 23.7. The summed E-state index contributed by atoms with van der Waals surface area (Å²) in [5, 5.41) is 0. The van der Waals surface area contributed by atoms with Gasteiger partial charge in [-0.3, -0.25) is 9.69 Å². The summed E-state index contributed by atoms with van der Waals surface area (Å²) in [7, 11) is 3.25. The smallest absolute Gasteiger partial charge is 0.417 e. The molecule has 0 bridgehead atoms. The number of oxazole rings is 1. The molecule has 49 heavy (non-hydrogen) atoms. The van der Waals surface area contributed by atoms with E-state index in [4.69, 9.17) is 23.4 Å². The molecule has 2 aliphatic rings. The van der Waals surface area contributed by atoms with E-state index in [1.807, 2.05) is 72.8 Å². The fraction of sp³-hybridized carbons (Fsp3) is 0.342. The number of rotatable bonds is 15. The van der Waals surface area contributed by atoms with Crippen molar-refractivity contribution in [1.29, 1.82) is 0 Å². The largest absolute Gasteiger partial charge is 0.497 e. The van der Waals surface area contributed by atoms with Gasteiger partial charge < -0.3 is 28.3 Å². The molecule has 4 aromatic rings. The van der Waals surface area contributed by atoms with Crippen LogP contribution in [0.2, 0.25) is 0 Å². The minimum Gasteiger partial charge on any atom is -0.497 e. The zero-order valence-electron chi connectivity index (χ0n) is 28.0. The zero-order chi connectivity index (χ0) is 34.0. The van der Waals surface area contributed by atoms with Gasteiger partial charge in [-0.1, -0.05) is 36.4 Å². The molecule has 6 rings (SSSR count). The number of nitrogens with zero attached hydrogens (tertiary/aromatic N) is 4. The molecule has 0 N–H and O–H groups in total. The van der Waals surface area contributed by atoms with Crippen LogP contribution in [-0.4, -0.2) is 86.4 Å². The number of piperazine rings is 1. The monoisotopic (exact) mass is 666 g/mol. The number of amides is 2. The van der Waals surface area contributed by atoms with Gasteiger partial charge in [0.05, 0.1) is 14.2 Å². The van der Waals surface area contributed by atoms with E-state index in [1.165, 1.54) is 10.6 Å². The minimum atomic E-state index is -0.801. The minimum absolute atomic E-state index is 0.189. The van der Waals surface area contributed by atoms with Crippen molar-refractivity contribution in [2.24, 2.45) is 0 Å². The van der Waals surface area contributed by atoms with E-state index < -0.39 is 12.2 Å². The van der Waals surface area contributed by atoms with Crippen molar-refractivity contribution >= 4 is 29.8 Å². The Morgan fingerprint density at radius 2 is 1.67 bits per heavy atom. The summed E-state index contributed by atoms with van der Waals surface area (Å²) in [6.45, 7) is 5.04. The second-order valence-corrected chi connectivity index (χ2v) is 12.0. The average Bonchev–Trinajstić information content (AvgIpc) is 3.72. The van der Waals surface area contributed by atoms with Crippen LogP contribution in [-0.2, 0) is 22.6 Å². The summed E-state index contributed by atoms with van der Waals surface area (Å²) in [4.78, 5) is 36.2. The number of hydrogen-bond donors (Lipinski definition) is 0. The highest BCUT2D eigenvalue weighted by molar-refractivity contribution is 6.00. The van der Waals surface area contributed by atoms with Gasteiger partial charge >= 0.3 is 6.09 Å². The quantitative estimate of drug-likeness (QED) is 0.152. The van der Waals surface area contributed by atoms with Crippen LogP contribution in [0.4, 0.5) is 10.5 Å². The van der Waals surface area contributed by atoms with Gasteiger partial charge in [0.1, 0.15) is 24.3 Å². The normalized spacial score (nSPS) is 16.7. The van der Waals surface area contributed by atoms with E-state index >= 15 is 0 Å². The number of methoxy groups -OCH3 is 2. The standard InChI is InChI=1S/C38H42N4O7/c1-45-32-14-12-31(13-15-32)41-23-21-40(22-24-41)19-6-20-42-37(43)34(49-38(42)44)17-10-29-9-16-33(46-2)35(25-29)47-26-30-27-48-36(39-30)18-11-28-7-4-3-5-8-28/h3-5,7-9,11-16,18,25,27,34H,6,10,17,19-24,26H2,1-2H3/b18-11+. The highest BCUT2D eigenvalue weighted by atomic mass is 16.6. The molecule has 256 valence electrons. The summed E-state index contributed by atoms with van der Waals surface area (Å²) in [5.41, 5.74) is 3.80. The van der Waals surface area contributed by atoms with Crippen LogP contribution in [0.5, 0.6) is 17.2 Å². The Balaban J connectivity index is 0.941. The lowest BCUT2D eigenvalue weighted by Crippen LogP contribution is -2.47. The third-order valence-corrected chi connectivity index (χ3v) is 8.76. The maximum atomic E-state index is 13.1. The Bertz CT molecular complexity index is 1720. The van der Waals surface area contributed by atoms with Crippen LogP contribution in [0.15, 0.2) is 83.5 Å². The second kappa shape index (κ2) is 16.2. The molecule has 11 nitrogen and oxygen atoms in total. The van der Waals surface area contributed by atoms with Crippen LogP contribution in [0, 0.1) is 0 Å². The highest BCUT2D eigenvalue weighted by Gasteiger charge is 2.39. The molecule has 2 amide bonds. The Morgan fingerprint density at radius 3 is 2.43 bits per heavy atom. The number of imide groups is 1. The SMILES string of the molecule is COc1ccc(N2CCN(CCCN3C(=O)OC(CCc4ccc(OC)c(OCc5coc(/C=C/c6ccccc6)n5)c4)C3=O)CC2)cc1. The van der Waals surface area contributed by atoms with E-state index in [-0.39, 0.29) is 12.5 Å². The number of aromatic nitrogens is 1. The van der Waals surface area contributed by atoms with Gasteiger partial charge in [0.15, 0.2) is 17.6 Å². The predicted molar refractivity (Wildman–Crippen MR) is 186 cm³/mol. The fourth-order valence-corrected chi connectivity index (χ4v) is 5.99. The molecule has 1 atom stereocenters. The molecular formula is C38H42N4O7. The molecule has 1 aromatic heterocycles. The number of carbonyl (C=O) groups excluding carboxylic acids is 2. The van der Waals surface area contributed by atoms with Gasteiger partial charge in [0.2, 0.25) is 5.89 Å². The third-order valence-electron chi connectivity index (χ3n) is 8.76. The van der Waals surface area contributed by atoms with Crippen molar-refractivity contribution in [2.45, 2.75) is 32.0 Å². The Labute approximate surface area is 286 Å². The second-order valence-electron chi connectivity index (χ2n) is 12.0. The summed E-state index contributed by atoms with van der Waals surface area (Å²) in [5.74, 6) is 2.18. The van der Waals surface area contributed by atoms with Crippen LogP contribution < -0.4 is 19.1 Å². The Kier molecular flexibility index (Phi) is 11.1. The van der Waals surface area contributed by atoms with Crippen LogP contribution in [0.25, 0.3) is 12.2 Å². The first-order valence-corrected chi connectivity index (χ1v) is 16.6. The van der Waals surface area contributed by atoms with Crippen molar-refractivity contribution < 1.29 is 33.0 Å². The lowest BCUT2D eigenvalue weighted by molar-refractivity contribution is -0.129. The van der Waals surface area contributed by atoms with E-state index in [2.05, 4.69) is 26.9 Å². The Hall–Kier alpha value is -5.29.